The van der Waals surface area contributed by atoms with Crippen LogP contribution in [0.1, 0.15) is 45.2 Å². The molecule has 3 aromatic rings. The number of aromatic nitrogens is 3. The fourth-order valence-corrected chi connectivity index (χ4v) is 3.88. The third kappa shape index (κ3) is 4.72. The van der Waals surface area contributed by atoms with Gasteiger partial charge in [-0.15, -0.1) is 0 Å². The van der Waals surface area contributed by atoms with Gasteiger partial charge in [-0.2, -0.15) is 5.26 Å². The van der Waals surface area contributed by atoms with Gasteiger partial charge < -0.3 is 19.5 Å². The Kier molecular flexibility index (Phi) is 5.89. The lowest BCUT2D eigenvalue weighted by Gasteiger charge is -2.34. The first kappa shape index (κ1) is 22.5. The number of ether oxygens (including phenoxy) is 1. The number of fused-ring (bicyclic) bond motifs is 1. The topological polar surface area (TPSA) is 96.1 Å². The Bertz CT molecular complexity index is 1240. The molecule has 0 spiro atoms. The smallest absolute Gasteiger partial charge is 0.410 e. The number of hydrogen-bond acceptors (Lipinski definition) is 6. The number of nitrogens with one attached hydrogen (secondary N) is 1. The van der Waals surface area contributed by atoms with Crippen molar-refractivity contribution < 1.29 is 18.3 Å². The molecule has 1 aliphatic heterocycles. The zero-order valence-electron chi connectivity index (χ0n) is 18.6. The van der Waals surface area contributed by atoms with Crippen molar-refractivity contribution >= 4 is 28.6 Å². The maximum atomic E-state index is 15.0. The Morgan fingerprint density at radius 1 is 1.21 bits per heavy atom. The van der Waals surface area contributed by atoms with Gasteiger partial charge in [-0.1, -0.05) is 0 Å². The second-order valence-electron chi connectivity index (χ2n) is 8.94. The molecule has 172 valence electrons. The molecule has 1 N–H and O–H groups in total. The molecule has 1 amide bonds. The number of anilines is 2. The summed E-state index contributed by atoms with van der Waals surface area (Å²) >= 11 is 0. The minimum atomic E-state index is -0.643. The third-order valence-corrected chi connectivity index (χ3v) is 5.42. The molecule has 1 fully saturated rings. The van der Waals surface area contributed by atoms with Crippen molar-refractivity contribution in [3.05, 3.63) is 47.9 Å². The number of hydrogen-bond donors (Lipinski definition) is 1. The fourth-order valence-electron chi connectivity index (χ4n) is 3.88. The quantitative estimate of drug-likeness (QED) is 0.605. The molecule has 0 bridgehead atoms. The van der Waals surface area contributed by atoms with E-state index in [-0.39, 0.29) is 34.6 Å². The monoisotopic (exact) mass is 454 g/mol. The number of rotatable bonds is 3. The molecular formula is C23H24F2N6O2. The number of amides is 1. The Morgan fingerprint density at radius 2 is 1.94 bits per heavy atom. The van der Waals surface area contributed by atoms with Crippen LogP contribution in [0.15, 0.2) is 30.7 Å². The molecule has 1 aliphatic rings. The lowest BCUT2D eigenvalue weighted by Crippen LogP contribution is -2.42. The van der Waals surface area contributed by atoms with Crippen molar-refractivity contribution in [1.29, 1.82) is 5.26 Å². The number of carbonyl (C=O) groups is 1. The van der Waals surface area contributed by atoms with E-state index < -0.39 is 17.2 Å². The maximum Gasteiger partial charge on any atom is 0.410 e. The SMILES string of the molecule is CC(C)(C)OC(=O)N1CCC(n2cc(F)c3c(Nc4ccc(C#N)cc4F)ncnc32)CC1. The van der Waals surface area contributed by atoms with Crippen molar-refractivity contribution in [2.75, 3.05) is 18.4 Å². The second-order valence-corrected chi connectivity index (χ2v) is 8.94. The van der Waals surface area contributed by atoms with Crippen molar-refractivity contribution in [2.24, 2.45) is 0 Å². The van der Waals surface area contributed by atoms with E-state index >= 15 is 0 Å². The highest BCUT2D eigenvalue weighted by atomic mass is 19.1. The highest BCUT2D eigenvalue weighted by Crippen LogP contribution is 2.33. The van der Waals surface area contributed by atoms with Crippen LogP contribution in [0.25, 0.3) is 11.0 Å². The zero-order valence-corrected chi connectivity index (χ0v) is 18.6. The van der Waals surface area contributed by atoms with E-state index in [1.165, 1.54) is 24.7 Å². The van der Waals surface area contributed by atoms with Crippen LogP contribution in [0.5, 0.6) is 0 Å². The number of likely N-dealkylation sites (tertiary alicyclic amines) is 1. The Hall–Kier alpha value is -3.74. The normalized spacial score (nSPS) is 14.8. The summed E-state index contributed by atoms with van der Waals surface area (Å²) in [5, 5.41) is 11.9. The Morgan fingerprint density at radius 3 is 2.58 bits per heavy atom. The minimum absolute atomic E-state index is 0.0647. The number of nitrogens with zero attached hydrogens (tertiary/aromatic N) is 5. The molecular weight excluding hydrogens is 430 g/mol. The largest absolute Gasteiger partial charge is 0.444 e. The second kappa shape index (κ2) is 8.65. The molecule has 0 aliphatic carbocycles. The van der Waals surface area contributed by atoms with E-state index in [1.807, 2.05) is 26.8 Å². The summed E-state index contributed by atoms with van der Waals surface area (Å²) in [7, 11) is 0. The molecule has 10 heteroatoms. The summed E-state index contributed by atoms with van der Waals surface area (Å²) in [5.74, 6) is -1.04. The van der Waals surface area contributed by atoms with Gasteiger partial charge in [0.25, 0.3) is 0 Å². The molecule has 0 unspecified atom stereocenters. The van der Waals surface area contributed by atoms with Crippen molar-refractivity contribution in [3.8, 4) is 6.07 Å². The Balaban J connectivity index is 1.56. The summed E-state index contributed by atoms with van der Waals surface area (Å²) in [6.07, 6.45) is 3.52. The van der Waals surface area contributed by atoms with Crippen LogP contribution in [0, 0.1) is 23.0 Å². The number of carbonyl (C=O) groups excluding carboxylic acids is 1. The van der Waals surface area contributed by atoms with E-state index in [0.29, 0.717) is 31.6 Å². The summed E-state index contributed by atoms with van der Waals surface area (Å²) in [6.45, 7) is 6.42. The summed E-state index contributed by atoms with van der Waals surface area (Å²) in [5.41, 5.74) is 0.0742. The van der Waals surface area contributed by atoms with E-state index in [9.17, 15) is 13.6 Å². The van der Waals surface area contributed by atoms with E-state index in [4.69, 9.17) is 10.00 Å². The average Bonchev–Trinajstić information content (AvgIpc) is 3.11. The van der Waals surface area contributed by atoms with E-state index in [0.717, 1.165) is 6.07 Å². The van der Waals surface area contributed by atoms with Gasteiger partial charge in [-0.25, -0.2) is 23.5 Å². The molecule has 33 heavy (non-hydrogen) atoms. The lowest BCUT2D eigenvalue weighted by molar-refractivity contribution is 0.0189. The first-order valence-electron chi connectivity index (χ1n) is 10.6. The van der Waals surface area contributed by atoms with Gasteiger partial charge in [0.2, 0.25) is 0 Å². The number of benzene rings is 1. The van der Waals surface area contributed by atoms with Crippen molar-refractivity contribution in [3.63, 3.8) is 0 Å². The molecule has 0 atom stereocenters. The van der Waals surface area contributed by atoms with Crippen LogP contribution >= 0.6 is 0 Å². The van der Waals surface area contributed by atoms with Gasteiger partial charge in [0.15, 0.2) is 5.82 Å². The molecule has 0 saturated carbocycles. The van der Waals surface area contributed by atoms with Crippen molar-refractivity contribution in [1.82, 2.24) is 19.4 Å². The lowest BCUT2D eigenvalue weighted by atomic mass is 10.1. The van der Waals surface area contributed by atoms with E-state index in [1.54, 1.807) is 9.47 Å². The number of piperidine rings is 1. The minimum Gasteiger partial charge on any atom is -0.444 e. The predicted molar refractivity (Wildman–Crippen MR) is 118 cm³/mol. The first-order valence-corrected chi connectivity index (χ1v) is 10.6. The highest BCUT2D eigenvalue weighted by molar-refractivity contribution is 5.90. The first-order chi connectivity index (χ1) is 15.7. The number of halogens is 2. The molecule has 8 nitrogen and oxygen atoms in total. The summed E-state index contributed by atoms with van der Waals surface area (Å²) in [6, 6.07) is 5.77. The van der Waals surface area contributed by atoms with Gasteiger partial charge >= 0.3 is 6.09 Å². The average molecular weight is 454 g/mol. The summed E-state index contributed by atoms with van der Waals surface area (Å²) < 4.78 is 36.5. The summed E-state index contributed by atoms with van der Waals surface area (Å²) in [4.78, 5) is 22.3. The van der Waals surface area contributed by atoms with Crippen LogP contribution in [0.4, 0.5) is 25.1 Å². The maximum absolute atomic E-state index is 15.0. The molecule has 1 saturated heterocycles. The predicted octanol–water partition coefficient (Wildman–Crippen LogP) is 4.90. The Labute approximate surface area is 189 Å². The van der Waals surface area contributed by atoms with Crippen LogP contribution in [-0.2, 0) is 4.74 Å². The van der Waals surface area contributed by atoms with Crippen LogP contribution < -0.4 is 5.32 Å². The third-order valence-electron chi connectivity index (χ3n) is 5.42. The molecule has 0 radical (unpaired) electrons. The van der Waals surface area contributed by atoms with Crippen molar-refractivity contribution in [2.45, 2.75) is 45.3 Å². The van der Waals surface area contributed by atoms with Crippen LogP contribution in [-0.4, -0.2) is 44.2 Å². The van der Waals surface area contributed by atoms with Crippen LogP contribution in [0.2, 0.25) is 0 Å². The van der Waals surface area contributed by atoms with E-state index in [2.05, 4.69) is 15.3 Å². The van der Waals surface area contributed by atoms with Gasteiger partial charge in [0, 0.05) is 25.3 Å². The zero-order chi connectivity index (χ0) is 23.8. The number of nitriles is 1. The fraction of sp³-hybridized carbons (Fsp3) is 0.391. The van der Waals surface area contributed by atoms with Crippen LogP contribution in [0.3, 0.4) is 0 Å². The molecule has 4 rings (SSSR count). The van der Waals surface area contributed by atoms with Gasteiger partial charge in [0.05, 0.1) is 22.7 Å². The standard InChI is InChI=1S/C23H24F2N6O2/c1-23(2,3)33-22(32)30-8-6-15(7-9-30)31-12-17(25)19-20(27-13-28-21(19)31)29-18-5-4-14(11-26)10-16(18)24/h4-5,10,12-13,15H,6-9H2,1-3H3,(H,27,28,29). The van der Waals surface area contributed by atoms with Gasteiger partial charge in [-0.3, -0.25) is 0 Å². The molecule has 3 heterocycles. The molecule has 1 aromatic carbocycles. The molecule has 2 aromatic heterocycles. The van der Waals surface area contributed by atoms with Gasteiger partial charge in [-0.05, 0) is 51.8 Å². The highest BCUT2D eigenvalue weighted by Gasteiger charge is 2.29. The van der Waals surface area contributed by atoms with Gasteiger partial charge in [0.1, 0.15) is 29.2 Å².